The van der Waals surface area contributed by atoms with Gasteiger partial charge in [-0.3, -0.25) is 4.79 Å². The summed E-state index contributed by atoms with van der Waals surface area (Å²) in [5, 5.41) is 8.80. The first-order valence-corrected chi connectivity index (χ1v) is 14.8. The monoisotopic (exact) mass is 692 g/mol. The molecule has 0 unspecified atom stereocenters. The van der Waals surface area contributed by atoms with Crippen LogP contribution < -0.4 is 0 Å². The molecule has 7 heteroatoms. The molecule has 0 aliphatic carbocycles. The Hall–Kier alpha value is -0.750. The smallest absolute Gasteiger partial charge is 0.263 e. The van der Waals surface area contributed by atoms with E-state index in [4.69, 9.17) is 11.8 Å². The third-order valence-corrected chi connectivity index (χ3v) is 8.58. The predicted octanol–water partition coefficient (Wildman–Crippen LogP) is 9.55. The number of halogens is 2. The van der Waals surface area contributed by atoms with E-state index in [0.717, 1.165) is 28.9 Å². The summed E-state index contributed by atoms with van der Waals surface area (Å²) in [7, 11) is 0. The first-order chi connectivity index (χ1) is 15.5. The molecule has 172 valence electrons. The summed E-state index contributed by atoms with van der Waals surface area (Å²) in [4.78, 5) is 15.9. The number of aryl methyl sites for hydroxylation is 2. The van der Waals surface area contributed by atoms with E-state index in [9.17, 15) is 4.79 Å². The molecular formula is C25H30I2N2OS2. The number of rotatable bonds is 12. The molecule has 0 aliphatic rings. The predicted molar refractivity (Wildman–Crippen MR) is 155 cm³/mol. The van der Waals surface area contributed by atoms with Crippen molar-refractivity contribution in [3.05, 3.63) is 55.9 Å². The van der Waals surface area contributed by atoms with Crippen LogP contribution in [-0.4, -0.2) is 6.29 Å². The molecule has 0 radical (unpaired) electrons. The molecule has 0 spiro atoms. The molecular weight excluding hydrogens is 662 g/mol. The van der Waals surface area contributed by atoms with Gasteiger partial charge in [0.1, 0.15) is 0 Å². The summed E-state index contributed by atoms with van der Waals surface area (Å²) in [5.74, 6) is 0. The van der Waals surface area contributed by atoms with Crippen molar-refractivity contribution in [2.45, 2.75) is 78.1 Å². The third kappa shape index (κ3) is 11.4. The fraction of sp³-hybridized carbons (Fsp3) is 0.480. The number of thiophene rings is 2. The van der Waals surface area contributed by atoms with Crippen molar-refractivity contribution in [1.29, 1.82) is 5.26 Å². The van der Waals surface area contributed by atoms with Gasteiger partial charge < -0.3 is 0 Å². The van der Waals surface area contributed by atoms with E-state index < -0.39 is 0 Å². The van der Waals surface area contributed by atoms with Crippen molar-refractivity contribution in [3.8, 4) is 6.07 Å². The number of nitriles is 1. The molecule has 2 aromatic heterocycles. The van der Waals surface area contributed by atoms with Gasteiger partial charge in [0, 0.05) is 4.88 Å². The molecule has 0 atom stereocenters. The van der Waals surface area contributed by atoms with Crippen LogP contribution in [0.25, 0.3) is 10.9 Å². The molecule has 2 rings (SSSR count). The lowest BCUT2D eigenvalue weighted by Gasteiger charge is -2.00. The second-order valence-electron chi connectivity index (χ2n) is 7.37. The average Bonchev–Trinajstić information content (AvgIpc) is 3.33. The minimum atomic E-state index is 0.169. The molecule has 0 saturated heterocycles. The maximum Gasteiger partial charge on any atom is 0.263 e. The SMILES string of the molecule is CCCCCCc1cc(I)sc1C=O.[C-]#[N+]/C(C#N)=C\c1sc(I)cc1CCCCCC. The molecule has 2 heterocycles. The van der Waals surface area contributed by atoms with Gasteiger partial charge >= 0.3 is 0 Å². The van der Waals surface area contributed by atoms with Gasteiger partial charge in [0.2, 0.25) is 0 Å². The fourth-order valence-corrected chi connectivity index (χ4v) is 6.93. The maximum absolute atomic E-state index is 10.7. The first-order valence-electron chi connectivity index (χ1n) is 11.0. The Labute approximate surface area is 228 Å². The van der Waals surface area contributed by atoms with Crippen LogP contribution in [-0.2, 0) is 12.8 Å². The molecule has 0 N–H and O–H groups in total. The Morgan fingerprint density at radius 1 is 0.969 bits per heavy atom. The molecule has 32 heavy (non-hydrogen) atoms. The zero-order valence-corrected chi connectivity index (χ0v) is 24.7. The molecule has 0 aromatic carbocycles. The lowest BCUT2D eigenvalue weighted by atomic mass is 10.1. The highest BCUT2D eigenvalue weighted by Gasteiger charge is 2.07. The standard InChI is InChI=1S/C14H15IN2S.C11H15IOS/c1-3-4-5-6-7-11-8-14(15)18-13(11)9-12(10-16)17-2;1-2-3-4-5-6-9-7-11(12)14-10(9)8-13/h8-9H,3-7H2,1H3;7-8H,2-6H2,1H3/b12-9-;. The molecule has 0 fully saturated rings. The third-order valence-electron chi connectivity index (χ3n) is 4.83. The highest BCUT2D eigenvalue weighted by atomic mass is 127. The largest absolute Gasteiger partial charge is 0.297 e. The number of hydrogen-bond acceptors (Lipinski definition) is 4. The van der Waals surface area contributed by atoms with Crippen molar-refractivity contribution in [2.75, 3.05) is 0 Å². The molecule has 0 bridgehead atoms. The number of unbranched alkanes of at least 4 members (excludes halogenated alkanes) is 6. The Morgan fingerprint density at radius 3 is 1.91 bits per heavy atom. The van der Waals surface area contributed by atoms with Crippen LogP contribution >= 0.6 is 67.9 Å². The highest BCUT2D eigenvalue weighted by Crippen LogP contribution is 2.28. The van der Waals surface area contributed by atoms with Crippen LogP contribution in [0.1, 0.15) is 90.9 Å². The van der Waals surface area contributed by atoms with Crippen molar-refractivity contribution in [3.63, 3.8) is 0 Å². The Bertz CT molecular complexity index is 932. The summed E-state index contributed by atoms with van der Waals surface area (Å²) in [6, 6.07) is 6.23. The zero-order valence-electron chi connectivity index (χ0n) is 18.8. The van der Waals surface area contributed by atoms with Gasteiger partial charge in [0.15, 0.2) is 6.29 Å². The number of hydrogen-bond donors (Lipinski definition) is 0. The first kappa shape index (κ1) is 29.3. The van der Waals surface area contributed by atoms with E-state index in [1.54, 1.807) is 28.7 Å². The van der Waals surface area contributed by atoms with Gasteiger partial charge in [-0.1, -0.05) is 52.4 Å². The summed E-state index contributed by atoms with van der Waals surface area (Å²) >= 11 is 7.82. The van der Waals surface area contributed by atoms with Gasteiger partial charge in [-0.05, 0) is 100 Å². The van der Waals surface area contributed by atoms with Gasteiger partial charge in [-0.15, -0.1) is 22.7 Å². The molecule has 0 saturated carbocycles. The van der Waals surface area contributed by atoms with Crippen molar-refractivity contribution < 1.29 is 4.79 Å². The molecule has 3 nitrogen and oxygen atoms in total. The molecule has 0 amide bonds. The normalized spacial score (nSPS) is 10.8. The van der Waals surface area contributed by atoms with Crippen molar-refractivity contribution in [1.82, 2.24) is 0 Å². The second-order valence-corrected chi connectivity index (χ2v) is 13.3. The van der Waals surface area contributed by atoms with E-state index in [1.807, 2.05) is 6.07 Å². The van der Waals surface area contributed by atoms with E-state index in [-0.39, 0.29) is 5.70 Å². The van der Waals surface area contributed by atoms with Crippen LogP contribution in [0, 0.1) is 23.7 Å². The number of aldehydes is 1. The Morgan fingerprint density at radius 2 is 1.47 bits per heavy atom. The number of carbonyl (C=O) groups is 1. The fourth-order valence-electron chi connectivity index (χ4n) is 3.13. The van der Waals surface area contributed by atoms with Crippen LogP contribution in [0.4, 0.5) is 0 Å². The summed E-state index contributed by atoms with van der Waals surface area (Å²) in [5.41, 5.74) is 2.69. The minimum absolute atomic E-state index is 0.169. The van der Waals surface area contributed by atoms with Crippen LogP contribution in [0.3, 0.4) is 0 Å². The van der Waals surface area contributed by atoms with Crippen LogP contribution in [0.5, 0.6) is 0 Å². The summed E-state index contributed by atoms with van der Waals surface area (Å²) in [6.07, 6.45) is 14.8. The van der Waals surface area contributed by atoms with Gasteiger partial charge in [-0.2, -0.15) is 0 Å². The quantitative estimate of drug-likeness (QED) is 0.0732. The zero-order chi connectivity index (χ0) is 23.8. The maximum atomic E-state index is 10.7. The Kier molecular flexibility index (Phi) is 16.2. The van der Waals surface area contributed by atoms with Crippen LogP contribution in [0.15, 0.2) is 17.8 Å². The second kappa shape index (κ2) is 17.7. The lowest BCUT2D eigenvalue weighted by Crippen LogP contribution is -1.87. The van der Waals surface area contributed by atoms with Gasteiger partial charge in [0.25, 0.3) is 5.70 Å². The minimum Gasteiger partial charge on any atom is -0.297 e. The summed E-state index contributed by atoms with van der Waals surface area (Å²) in [6.45, 7) is 11.3. The van der Waals surface area contributed by atoms with Crippen molar-refractivity contribution in [2.24, 2.45) is 0 Å². The summed E-state index contributed by atoms with van der Waals surface area (Å²) < 4.78 is 2.43. The van der Waals surface area contributed by atoms with E-state index in [2.05, 4.69) is 76.0 Å². The number of carbonyl (C=O) groups excluding carboxylic acids is 1. The van der Waals surface area contributed by atoms with E-state index in [0.29, 0.717) is 0 Å². The number of nitrogens with zero attached hydrogens (tertiary/aromatic N) is 2. The average molecular weight is 692 g/mol. The lowest BCUT2D eigenvalue weighted by molar-refractivity contribution is 0.112. The van der Waals surface area contributed by atoms with E-state index in [1.165, 1.54) is 68.3 Å². The molecule has 0 aliphatic heterocycles. The topological polar surface area (TPSA) is 45.2 Å². The molecule has 2 aromatic rings. The van der Waals surface area contributed by atoms with E-state index >= 15 is 0 Å². The Balaban J connectivity index is 0.000000330. The van der Waals surface area contributed by atoms with Crippen molar-refractivity contribution >= 4 is 80.2 Å². The highest BCUT2D eigenvalue weighted by molar-refractivity contribution is 14.1. The van der Waals surface area contributed by atoms with Gasteiger partial charge in [0.05, 0.1) is 23.3 Å². The van der Waals surface area contributed by atoms with Crippen LogP contribution in [0.2, 0.25) is 0 Å². The van der Waals surface area contributed by atoms with Gasteiger partial charge in [-0.25, -0.2) is 10.1 Å². The number of allylic oxidation sites excluding steroid dienone is 1.